The Kier molecular flexibility index (Phi) is 70.7. The fourth-order valence-corrected chi connectivity index (χ4v) is 0.612. The summed E-state index contributed by atoms with van der Waals surface area (Å²) in [5.41, 5.74) is 0. The van der Waals surface area contributed by atoms with Crippen molar-refractivity contribution in [3.63, 3.8) is 0 Å². The normalized spacial score (nSPS) is 7.20. The fraction of sp³-hybridized carbons (Fsp3) is 1.00. The van der Waals surface area contributed by atoms with Gasteiger partial charge in [0.25, 0.3) is 0 Å². The third-order valence-corrected chi connectivity index (χ3v) is 1.56. The summed E-state index contributed by atoms with van der Waals surface area (Å²) < 4.78 is 0. The van der Waals surface area contributed by atoms with Gasteiger partial charge in [0.15, 0.2) is 0 Å². The molecule has 0 aliphatic rings. The third-order valence-electron chi connectivity index (χ3n) is 1.56. The number of hydrogen-bond donors (Lipinski definition) is 0. The van der Waals surface area contributed by atoms with E-state index in [1.54, 1.807) is 0 Å². The lowest BCUT2D eigenvalue weighted by Gasteiger charge is -2.21. The van der Waals surface area contributed by atoms with Crippen molar-refractivity contribution in [2.24, 2.45) is 0 Å². The summed E-state index contributed by atoms with van der Waals surface area (Å²) in [6, 6.07) is 0. The van der Waals surface area contributed by atoms with Crippen LogP contribution in [0.2, 0.25) is 0 Å². The van der Waals surface area contributed by atoms with Gasteiger partial charge in [-0.25, -0.2) is 0 Å². The molecular weight excluding hydrogens is 184 g/mol. The van der Waals surface area contributed by atoms with E-state index in [1.807, 2.05) is 13.8 Å². The molecule has 0 amide bonds. The average molecular weight is 224 g/mol. The maximum absolute atomic E-state index is 2.28. The van der Waals surface area contributed by atoms with Crippen LogP contribution in [-0.2, 0) is 0 Å². The van der Waals surface area contributed by atoms with Gasteiger partial charge in [-0.05, 0) is 27.2 Å². The summed E-state index contributed by atoms with van der Waals surface area (Å²) in [7, 11) is 4.26. The molecule has 0 unspecified atom stereocenters. The molecule has 0 aliphatic carbocycles. The predicted octanol–water partition coefficient (Wildman–Crippen LogP) is 4.42. The van der Waals surface area contributed by atoms with Crippen molar-refractivity contribution in [1.29, 1.82) is 0 Å². The van der Waals surface area contributed by atoms with Crippen LogP contribution in [0.5, 0.6) is 0 Å². The summed E-state index contributed by atoms with van der Waals surface area (Å²) >= 11 is 0. The van der Waals surface area contributed by atoms with Gasteiger partial charge in [-0.15, -0.1) is 0 Å². The maximum atomic E-state index is 2.28. The SMILES string of the molecule is C.C.C.C.CC.CCN(C)CN(C)CC. The largest absolute Gasteiger partial charge is 0.294 e. The van der Waals surface area contributed by atoms with Crippen LogP contribution in [0.15, 0.2) is 0 Å². The molecule has 15 heavy (non-hydrogen) atoms. The summed E-state index contributed by atoms with van der Waals surface area (Å²) in [5.74, 6) is 0. The van der Waals surface area contributed by atoms with E-state index in [2.05, 4.69) is 37.7 Å². The standard InChI is InChI=1S/C7H18N2.C2H6.4CH4/c1-5-8(3)7-9(4)6-2;1-2;;;;/h5-7H2,1-4H3;1-2H3;4*1H4. The van der Waals surface area contributed by atoms with Gasteiger partial charge in [0.2, 0.25) is 0 Å². The van der Waals surface area contributed by atoms with Crippen LogP contribution in [-0.4, -0.2) is 43.7 Å². The van der Waals surface area contributed by atoms with Crippen molar-refractivity contribution >= 4 is 0 Å². The first-order valence-electron chi connectivity index (χ1n) is 4.57. The van der Waals surface area contributed by atoms with E-state index in [0.29, 0.717) is 0 Å². The second-order valence-corrected chi connectivity index (χ2v) is 2.49. The Labute approximate surface area is 102 Å². The molecule has 0 heterocycles. The molecular formula is C13H40N2. The first-order chi connectivity index (χ1) is 5.20. The van der Waals surface area contributed by atoms with Gasteiger partial charge in [0.05, 0.1) is 0 Å². The molecule has 0 saturated carbocycles. The lowest BCUT2D eigenvalue weighted by molar-refractivity contribution is 0.196. The van der Waals surface area contributed by atoms with Crippen molar-refractivity contribution in [1.82, 2.24) is 9.80 Å². The zero-order valence-corrected chi connectivity index (χ0v) is 9.02. The number of hydrogen-bond acceptors (Lipinski definition) is 2. The second-order valence-electron chi connectivity index (χ2n) is 2.49. The minimum absolute atomic E-state index is 0. The topological polar surface area (TPSA) is 6.48 Å². The number of rotatable bonds is 4. The molecule has 102 valence electrons. The fourth-order valence-electron chi connectivity index (χ4n) is 0.612. The Balaban J connectivity index is -0.0000000317. The van der Waals surface area contributed by atoms with Crippen molar-refractivity contribution in [3.05, 3.63) is 0 Å². The molecule has 0 aromatic rings. The minimum atomic E-state index is 0. The van der Waals surface area contributed by atoms with Crippen LogP contribution in [0.1, 0.15) is 57.4 Å². The van der Waals surface area contributed by atoms with Gasteiger partial charge in [0, 0.05) is 6.67 Å². The van der Waals surface area contributed by atoms with Crippen LogP contribution >= 0.6 is 0 Å². The molecule has 0 radical (unpaired) electrons. The Morgan fingerprint density at radius 3 is 1.00 bits per heavy atom. The Morgan fingerprint density at radius 2 is 0.867 bits per heavy atom. The zero-order valence-electron chi connectivity index (χ0n) is 9.02. The van der Waals surface area contributed by atoms with Gasteiger partial charge < -0.3 is 0 Å². The van der Waals surface area contributed by atoms with Gasteiger partial charge in [-0.2, -0.15) is 0 Å². The zero-order chi connectivity index (χ0) is 9.28. The van der Waals surface area contributed by atoms with Crippen LogP contribution < -0.4 is 0 Å². The molecule has 0 saturated heterocycles. The molecule has 0 aromatic carbocycles. The van der Waals surface area contributed by atoms with Crippen LogP contribution in [0.4, 0.5) is 0 Å². The third kappa shape index (κ3) is 31.5. The smallest absolute Gasteiger partial charge is 0.0500 e. The molecule has 0 atom stereocenters. The Hall–Kier alpha value is -0.0800. The predicted molar refractivity (Wildman–Crippen MR) is 79.7 cm³/mol. The molecule has 0 fully saturated rings. The lowest BCUT2D eigenvalue weighted by atomic mass is 10.6. The molecule has 0 rings (SSSR count). The molecule has 2 nitrogen and oxygen atoms in total. The minimum Gasteiger partial charge on any atom is -0.294 e. The molecule has 0 aliphatic heterocycles. The molecule has 0 N–H and O–H groups in total. The highest BCUT2D eigenvalue weighted by Gasteiger charge is 1.96. The van der Waals surface area contributed by atoms with Crippen LogP contribution in [0.3, 0.4) is 0 Å². The number of nitrogens with zero attached hydrogens (tertiary/aromatic N) is 2. The van der Waals surface area contributed by atoms with E-state index < -0.39 is 0 Å². The van der Waals surface area contributed by atoms with Crippen molar-refractivity contribution in [2.45, 2.75) is 57.4 Å². The maximum Gasteiger partial charge on any atom is 0.0500 e. The van der Waals surface area contributed by atoms with Gasteiger partial charge in [0.1, 0.15) is 0 Å². The first-order valence-corrected chi connectivity index (χ1v) is 4.57. The molecule has 0 bridgehead atoms. The van der Waals surface area contributed by atoms with E-state index in [1.165, 1.54) is 0 Å². The molecule has 0 spiro atoms. The quantitative estimate of drug-likeness (QED) is 0.652. The monoisotopic (exact) mass is 224 g/mol. The Bertz CT molecular complexity index is 57.6. The van der Waals surface area contributed by atoms with Crippen molar-refractivity contribution in [2.75, 3.05) is 33.9 Å². The molecule has 0 aromatic heterocycles. The van der Waals surface area contributed by atoms with Gasteiger partial charge in [-0.3, -0.25) is 9.80 Å². The van der Waals surface area contributed by atoms with E-state index >= 15 is 0 Å². The first kappa shape index (κ1) is 36.3. The van der Waals surface area contributed by atoms with Crippen molar-refractivity contribution < 1.29 is 0 Å². The van der Waals surface area contributed by atoms with E-state index in [9.17, 15) is 0 Å². The lowest BCUT2D eigenvalue weighted by Crippen LogP contribution is -2.32. The summed E-state index contributed by atoms with van der Waals surface area (Å²) in [6.45, 7) is 11.7. The summed E-state index contributed by atoms with van der Waals surface area (Å²) in [5, 5.41) is 0. The van der Waals surface area contributed by atoms with E-state index in [0.717, 1.165) is 19.8 Å². The highest BCUT2D eigenvalue weighted by molar-refractivity contribution is 4.46. The van der Waals surface area contributed by atoms with Crippen LogP contribution in [0.25, 0.3) is 0 Å². The van der Waals surface area contributed by atoms with Crippen LogP contribution in [0, 0.1) is 0 Å². The van der Waals surface area contributed by atoms with E-state index in [4.69, 9.17) is 0 Å². The highest BCUT2D eigenvalue weighted by Crippen LogP contribution is 1.84. The Morgan fingerprint density at radius 1 is 0.667 bits per heavy atom. The van der Waals surface area contributed by atoms with Crippen molar-refractivity contribution in [3.8, 4) is 0 Å². The van der Waals surface area contributed by atoms with Gasteiger partial charge >= 0.3 is 0 Å². The second kappa shape index (κ2) is 29.2. The summed E-state index contributed by atoms with van der Waals surface area (Å²) in [4.78, 5) is 4.56. The van der Waals surface area contributed by atoms with E-state index in [-0.39, 0.29) is 29.7 Å². The summed E-state index contributed by atoms with van der Waals surface area (Å²) in [6.07, 6.45) is 0. The average Bonchev–Trinajstić information content (AvgIpc) is 2.07. The van der Waals surface area contributed by atoms with Gasteiger partial charge in [-0.1, -0.05) is 57.4 Å². The molecule has 2 heteroatoms. The highest BCUT2D eigenvalue weighted by atomic mass is 15.3.